The van der Waals surface area contributed by atoms with Crippen molar-refractivity contribution >= 4 is 34.8 Å². The van der Waals surface area contributed by atoms with Gasteiger partial charge in [0.1, 0.15) is 6.54 Å². The highest BCUT2D eigenvalue weighted by Crippen LogP contribution is 2.44. The van der Waals surface area contributed by atoms with Crippen LogP contribution in [0.4, 0.5) is 24.5 Å². The molecule has 30 heavy (non-hydrogen) atoms. The van der Waals surface area contributed by atoms with Gasteiger partial charge in [-0.25, -0.2) is 5.43 Å². The summed E-state index contributed by atoms with van der Waals surface area (Å²) in [7, 11) is 0. The van der Waals surface area contributed by atoms with Crippen molar-refractivity contribution in [2.24, 2.45) is 5.10 Å². The molecule has 0 spiro atoms. The molecular weight excluding hydrogens is 415 g/mol. The maximum atomic E-state index is 12.6. The number of carbonyl (C=O) groups is 1. The molecule has 2 N–H and O–H groups in total. The van der Waals surface area contributed by atoms with Gasteiger partial charge in [0.25, 0.3) is 5.91 Å². The number of amides is 1. The first-order chi connectivity index (χ1) is 14.3. The predicted molar refractivity (Wildman–Crippen MR) is 108 cm³/mol. The van der Waals surface area contributed by atoms with Gasteiger partial charge in [-0.3, -0.25) is 9.48 Å². The third-order valence-electron chi connectivity index (χ3n) is 4.36. The van der Waals surface area contributed by atoms with Gasteiger partial charge >= 0.3 is 6.18 Å². The Kier molecular flexibility index (Phi) is 5.25. The summed E-state index contributed by atoms with van der Waals surface area (Å²) in [6, 6.07) is 14.6. The van der Waals surface area contributed by atoms with Gasteiger partial charge in [0, 0.05) is 16.0 Å². The summed E-state index contributed by atoms with van der Waals surface area (Å²) >= 11 is 1.66. The summed E-state index contributed by atoms with van der Waals surface area (Å²) < 4.78 is 38.6. The lowest BCUT2D eigenvalue weighted by Crippen LogP contribution is -2.24. The van der Waals surface area contributed by atoms with Crippen LogP contribution in [0, 0.1) is 0 Å². The molecule has 0 aliphatic carbocycles. The molecule has 1 aliphatic rings. The zero-order valence-corrected chi connectivity index (χ0v) is 16.5. The number of benzene rings is 2. The minimum absolute atomic E-state index is 0.369. The Hall–Kier alpha value is -3.27. The van der Waals surface area contributed by atoms with E-state index in [0.29, 0.717) is 5.71 Å². The molecule has 2 heterocycles. The molecule has 3 aromatic rings. The largest absolute Gasteiger partial charge is 0.435 e. The molecular formula is C20H16F3N5OS. The van der Waals surface area contributed by atoms with Crippen LogP contribution in [0.15, 0.2) is 69.6 Å². The topological polar surface area (TPSA) is 71.3 Å². The minimum Gasteiger partial charge on any atom is -0.354 e. The minimum atomic E-state index is -4.55. The number of hydrogen-bond acceptors (Lipinski definition) is 5. The lowest BCUT2D eigenvalue weighted by atomic mass is 10.1. The zero-order chi connectivity index (χ0) is 21.3. The lowest BCUT2D eigenvalue weighted by molar-refractivity contribution is -0.141. The third kappa shape index (κ3) is 4.33. The van der Waals surface area contributed by atoms with Gasteiger partial charge in [0.15, 0.2) is 5.69 Å². The second kappa shape index (κ2) is 7.86. The fourth-order valence-corrected chi connectivity index (χ4v) is 3.83. The number of halogens is 3. The fourth-order valence-electron chi connectivity index (χ4n) is 2.86. The number of rotatable bonds is 4. The van der Waals surface area contributed by atoms with Gasteiger partial charge < -0.3 is 5.32 Å². The van der Waals surface area contributed by atoms with Crippen LogP contribution < -0.4 is 10.7 Å². The standard InChI is InChI=1S/C20H16F3N5OS/c1-12(25-26-19(29)11-28-9-8-18(27-28)20(21,22)23)13-6-7-17-15(10-13)24-14-4-2-3-5-16(14)30-17/h2-10,24H,11H2,1H3,(H,26,29)/b25-12+. The molecule has 4 rings (SSSR count). The first kappa shape index (κ1) is 20.0. The number of nitrogens with one attached hydrogen (secondary N) is 2. The Balaban J connectivity index is 1.42. The number of fused-ring (bicyclic) bond motifs is 2. The molecule has 1 aliphatic heterocycles. The number of anilines is 2. The van der Waals surface area contributed by atoms with Crippen LogP contribution in [-0.2, 0) is 17.5 Å². The van der Waals surface area contributed by atoms with Crippen LogP contribution in [0.3, 0.4) is 0 Å². The number of hydrazone groups is 1. The SMILES string of the molecule is C/C(=N\NC(=O)Cn1ccc(C(F)(F)F)n1)c1ccc2c(c1)Nc1ccccc1S2. The van der Waals surface area contributed by atoms with Crippen LogP contribution in [0.1, 0.15) is 18.2 Å². The quantitative estimate of drug-likeness (QED) is 0.365. The highest BCUT2D eigenvalue weighted by Gasteiger charge is 2.33. The second-order valence-electron chi connectivity index (χ2n) is 6.56. The molecule has 0 bridgehead atoms. The number of alkyl halides is 3. The van der Waals surface area contributed by atoms with E-state index >= 15 is 0 Å². The predicted octanol–water partition coefficient (Wildman–Crippen LogP) is 4.65. The molecule has 0 radical (unpaired) electrons. The fraction of sp³-hybridized carbons (Fsp3) is 0.150. The van der Waals surface area contributed by atoms with E-state index in [4.69, 9.17) is 0 Å². The van der Waals surface area contributed by atoms with E-state index in [1.54, 1.807) is 18.7 Å². The van der Waals surface area contributed by atoms with Gasteiger partial charge in [-0.15, -0.1) is 0 Å². The first-order valence-electron chi connectivity index (χ1n) is 8.92. The van der Waals surface area contributed by atoms with E-state index in [0.717, 1.165) is 43.7 Å². The van der Waals surface area contributed by atoms with Gasteiger partial charge in [0.2, 0.25) is 0 Å². The molecule has 0 saturated carbocycles. The molecule has 154 valence electrons. The Morgan fingerprint density at radius 1 is 1.17 bits per heavy atom. The average Bonchev–Trinajstić information content (AvgIpc) is 3.19. The number of aromatic nitrogens is 2. The van der Waals surface area contributed by atoms with Crippen molar-refractivity contribution in [3.63, 3.8) is 0 Å². The monoisotopic (exact) mass is 431 g/mol. The summed E-state index contributed by atoms with van der Waals surface area (Å²) in [5.41, 5.74) is 4.64. The smallest absolute Gasteiger partial charge is 0.354 e. The molecule has 0 saturated heterocycles. The van der Waals surface area contributed by atoms with E-state index in [1.165, 1.54) is 0 Å². The zero-order valence-electron chi connectivity index (χ0n) is 15.7. The molecule has 1 aromatic heterocycles. The highest BCUT2D eigenvalue weighted by molar-refractivity contribution is 7.99. The highest BCUT2D eigenvalue weighted by atomic mass is 32.2. The van der Waals surface area contributed by atoms with Crippen LogP contribution in [-0.4, -0.2) is 21.4 Å². The van der Waals surface area contributed by atoms with Crippen molar-refractivity contribution < 1.29 is 18.0 Å². The first-order valence-corrected chi connectivity index (χ1v) is 9.73. The lowest BCUT2D eigenvalue weighted by Gasteiger charge is -2.21. The van der Waals surface area contributed by atoms with E-state index < -0.39 is 17.8 Å². The van der Waals surface area contributed by atoms with Crippen molar-refractivity contribution in [2.75, 3.05) is 5.32 Å². The van der Waals surface area contributed by atoms with Gasteiger partial charge in [0.05, 0.1) is 17.1 Å². The Morgan fingerprint density at radius 3 is 2.70 bits per heavy atom. The second-order valence-corrected chi connectivity index (χ2v) is 7.65. The molecule has 2 aromatic carbocycles. The number of para-hydroxylation sites is 1. The number of hydrogen-bond donors (Lipinski definition) is 2. The summed E-state index contributed by atoms with van der Waals surface area (Å²) in [6.45, 7) is 1.37. The van der Waals surface area contributed by atoms with E-state index in [2.05, 4.69) is 20.9 Å². The molecule has 10 heteroatoms. The van der Waals surface area contributed by atoms with Crippen molar-refractivity contribution in [2.45, 2.75) is 29.4 Å². The molecule has 0 fully saturated rings. The van der Waals surface area contributed by atoms with Crippen molar-refractivity contribution in [1.82, 2.24) is 15.2 Å². The van der Waals surface area contributed by atoms with Crippen molar-refractivity contribution in [3.05, 3.63) is 66.0 Å². The summed E-state index contributed by atoms with van der Waals surface area (Å²) in [5.74, 6) is -0.577. The van der Waals surface area contributed by atoms with Gasteiger partial charge in [-0.2, -0.15) is 23.4 Å². The van der Waals surface area contributed by atoms with Crippen LogP contribution in [0.25, 0.3) is 0 Å². The Bertz CT molecular complexity index is 1140. The Labute approximate surface area is 174 Å². The van der Waals surface area contributed by atoms with Gasteiger partial charge in [-0.1, -0.05) is 30.0 Å². The van der Waals surface area contributed by atoms with Crippen molar-refractivity contribution in [1.29, 1.82) is 0 Å². The summed E-state index contributed by atoms with van der Waals surface area (Å²) in [6.07, 6.45) is -3.45. The van der Waals surface area contributed by atoms with E-state index in [-0.39, 0.29) is 6.54 Å². The van der Waals surface area contributed by atoms with Gasteiger partial charge in [-0.05, 0) is 42.8 Å². The Morgan fingerprint density at radius 2 is 1.93 bits per heavy atom. The van der Waals surface area contributed by atoms with Crippen LogP contribution >= 0.6 is 11.8 Å². The maximum Gasteiger partial charge on any atom is 0.435 e. The molecule has 0 unspecified atom stereocenters. The number of nitrogens with zero attached hydrogens (tertiary/aromatic N) is 3. The molecule has 6 nitrogen and oxygen atoms in total. The van der Waals surface area contributed by atoms with Crippen molar-refractivity contribution in [3.8, 4) is 0 Å². The third-order valence-corrected chi connectivity index (χ3v) is 5.51. The molecule has 0 atom stereocenters. The number of carbonyl (C=O) groups excluding carboxylic acids is 1. The van der Waals surface area contributed by atoms with Crippen LogP contribution in [0.5, 0.6) is 0 Å². The average molecular weight is 431 g/mol. The summed E-state index contributed by atoms with van der Waals surface area (Å²) in [4.78, 5) is 14.2. The molecule has 1 amide bonds. The van der Waals surface area contributed by atoms with Crippen LogP contribution in [0.2, 0.25) is 0 Å². The maximum absolute atomic E-state index is 12.6. The summed E-state index contributed by atoms with van der Waals surface area (Å²) in [5, 5.41) is 10.8. The normalized spacial score (nSPS) is 13.3. The van der Waals surface area contributed by atoms with E-state index in [9.17, 15) is 18.0 Å². The van der Waals surface area contributed by atoms with E-state index in [1.807, 2.05) is 42.5 Å².